The van der Waals surface area contributed by atoms with E-state index in [1.54, 1.807) is 27.2 Å². The van der Waals surface area contributed by atoms with Gasteiger partial charge in [-0.05, 0) is 43.7 Å². The number of amides is 2. The molecule has 1 aliphatic rings. The molecule has 2 aromatic carbocycles. The number of ether oxygens (including phenoxy) is 2. The fraction of sp³-hybridized carbons (Fsp3) is 0.417. The lowest BCUT2D eigenvalue weighted by molar-refractivity contribution is -0.134. The number of hydrogen-bond donors (Lipinski definition) is 1. The molecule has 3 rings (SSSR count). The maximum Gasteiger partial charge on any atom is 0.251 e. The number of nitrogens with zero attached hydrogens (tertiary/aromatic N) is 2. The highest BCUT2D eigenvalue weighted by molar-refractivity contribution is 5.97. The van der Waals surface area contributed by atoms with E-state index in [1.807, 2.05) is 48.2 Å². The van der Waals surface area contributed by atoms with Gasteiger partial charge >= 0.3 is 0 Å². The summed E-state index contributed by atoms with van der Waals surface area (Å²) >= 11 is 0. The van der Waals surface area contributed by atoms with Crippen LogP contribution in [0.3, 0.4) is 0 Å². The molecule has 0 aliphatic carbocycles. The molecule has 7 nitrogen and oxygen atoms in total. The Kier molecular flexibility index (Phi) is 7.52. The third kappa shape index (κ3) is 5.76. The van der Waals surface area contributed by atoms with Gasteiger partial charge in [0.15, 0.2) is 11.5 Å². The van der Waals surface area contributed by atoms with Gasteiger partial charge in [0.05, 0.1) is 14.2 Å². The second-order valence-corrected chi connectivity index (χ2v) is 7.86. The number of carbonyl (C=O) groups is 2. The summed E-state index contributed by atoms with van der Waals surface area (Å²) in [4.78, 5) is 29.4. The average Bonchev–Trinajstić information content (AvgIpc) is 2.79. The summed E-state index contributed by atoms with van der Waals surface area (Å²) in [5.41, 5.74) is 2.72. The molecule has 2 aromatic rings. The molecule has 1 atom stereocenters. The standard InChI is InChI=1S/C24H31N3O4/c1-17-6-5-7-20(14-17)23(28)25-18(2)24(29)27-12-10-26(11-13-27)16-19-8-9-21(30-3)22(15-19)31-4/h5-9,14-15,18H,10-13,16H2,1-4H3,(H,25,28)/t18-/m0/s1. The number of carbonyl (C=O) groups excluding carboxylic acids is 2. The lowest BCUT2D eigenvalue weighted by Gasteiger charge is -2.36. The summed E-state index contributed by atoms with van der Waals surface area (Å²) in [6.07, 6.45) is 0. The number of piperazine rings is 1. The molecule has 0 unspecified atom stereocenters. The second kappa shape index (κ2) is 10.3. The van der Waals surface area contributed by atoms with Crippen LogP contribution in [-0.2, 0) is 11.3 Å². The van der Waals surface area contributed by atoms with Crippen molar-refractivity contribution in [3.63, 3.8) is 0 Å². The van der Waals surface area contributed by atoms with Crippen LogP contribution in [0.5, 0.6) is 11.5 Å². The summed E-state index contributed by atoms with van der Waals surface area (Å²) in [5.74, 6) is 1.15. The molecule has 1 heterocycles. The molecule has 0 aromatic heterocycles. The molecular formula is C24H31N3O4. The second-order valence-electron chi connectivity index (χ2n) is 7.86. The Hall–Kier alpha value is -3.06. The Labute approximate surface area is 183 Å². The lowest BCUT2D eigenvalue weighted by Crippen LogP contribution is -2.53. The van der Waals surface area contributed by atoms with Crippen molar-refractivity contribution < 1.29 is 19.1 Å². The van der Waals surface area contributed by atoms with Crippen LogP contribution in [0.1, 0.15) is 28.4 Å². The number of hydrogen-bond acceptors (Lipinski definition) is 5. The van der Waals surface area contributed by atoms with Crippen molar-refractivity contribution in [2.24, 2.45) is 0 Å². The van der Waals surface area contributed by atoms with Gasteiger partial charge in [0.2, 0.25) is 5.91 Å². The van der Waals surface area contributed by atoms with Gasteiger partial charge in [-0.25, -0.2) is 0 Å². The SMILES string of the molecule is COc1ccc(CN2CCN(C(=O)[C@H](C)NC(=O)c3cccc(C)c3)CC2)cc1OC. The third-order valence-electron chi connectivity index (χ3n) is 5.54. The minimum absolute atomic E-state index is 0.0493. The molecule has 0 bridgehead atoms. The number of benzene rings is 2. The van der Waals surface area contributed by atoms with Crippen molar-refractivity contribution in [3.05, 3.63) is 59.2 Å². The molecule has 166 valence electrons. The van der Waals surface area contributed by atoms with E-state index in [2.05, 4.69) is 10.2 Å². The van der Waals surface area contributed by atoms with Crippen molar-refractivity contribution in [2.75, 3.05) is 40.4 Å². The molecule has 7 heteroatoms. The Morgan fingerprint density at radius 3 is 2.35 bits per heavy atom. The number of methoxy groups -OCH3 is 2. The van der Waals surface area contributed by atoms with E-state index in [4.69, 9.17) is 9.47 Å². The highest BCUT2D eigenvalue weighted by atomic mass is 16.5. The van der Waals surface area contributed by atoms with E-state index in [1.165, 1.54) is 0 Å². The lowest BCUT2D eigenvalue weighted by atomic mass is 10.1. The fourth-order valence-electron chi connectivity index (χ4n) is 3.77. The molecule has 1 saturated heterocycles. The average molecular weight is 426 g/mol. The zero-order valence-corrected chi connectivity index (χ0v) is 18.7. The van der Waals surface area contributed by atoms with E-state index < -0.39 is 6.04 Å². The van der Waals surface area contributed by atoms with Gasteiger partial charge in [-0.3, -0.25) is 14.5 Å². The Morgan fingerprint density at radius 2 is 1.71 bits per heavy atom. The highest BCUT2D eigenvalue weighted by Gasteiger charge is 2.26. The summed E-state index contributed by atoms with van der Waals surface area (Å²) < 4.78 is 10.7. The van der Waals surface area contributed by atoms with E-state index in [0.717, 1.165) is 30.8 Å². The zero-order chi connectivity index (χ0) is 22.4. The molecule has 1 N–H and O–H groups in total. The Bertz CT molecular complexity index is 923. The van der Waals surface area contributed by atoms with Crippen LogP contribution in [0.4, 0.5) is 0 Å². The van der Waals surface area contributed by atoms with Gasteiger partial charge in [0.1, 0.15) is 6.04 Å². The van der Waals surface area contributed by atoms with E-state index >= 15 is 0 Å². The van der Waals surface area contributed by atoms with Crippen molar-refractivity contribution in [2.45, 2.75) is 26.4 Å². The third-order valence-corrected chi connectivity index (χ3v) is 5.54. The first-order chi connectivity index (χ1) is 14.9. The summed E-state index contributed by atoms with van der Waals surface area (Å²) in [5, 5.41) is 2.83. The Balaban J connectivity index is 1.50. The quantitative estimate of drug-likeness (QED) is 0.738. The Morgan fingerprint density at radius 1 is 1.00 bits per heavy atom. The number of aryl methyl sites for hydroxylation is 1. The van der Waals surface area contributed by atoms with Crippen LogP contribution in [0, 0.1) is 6.92 Å². The van der Waals surface area contributed by atoms with Gasteiger partial charge in [0, 0.05) is 38.3 Å². The van der Waals surface area contributed by atoms with Gasteiger partial charge in [-0.15, -0.1) is 0 Å². The first-order valence-corrected chi connectivity index (χ1v) is 10.5. The molecule has 31 heavy (non-hydrogen) atoms. The summed E-state index contributed by atoms with van der Waals surface area (Å²) in [6, 6.07) is 12.7. The predicted molar refractivity (Wildman–Crippen MR) is 120 cm³/mol. The summed E-state index contributed by atoms with van der Waals surface area (Å²) in [6.45, 7) is 7.28. The molecule has 2 amide bonds. The smallest absolute Gasteiger partial charge is 0.251 e. The van der Waals surface area contributed by atoms with Gasteiger partial charge in [0.25, 0.3) is 5.91 Å². The van der Waals surface area contributed by atoms with Crippen molar-refractivity contribution in [1.82, 2.24) is 15.1 Å². The first kappa shape index (κ1) is 22.6. The highest BCUT2D eigenvalue weighted by Crippen LogP contribution is 2.28. The van der Waals surface area contributed by atoms with Crippen LogP contribution >= 0.6 is 0 Å². The molecule has 0 radical (unpaired) electrons. The largest absolute Gasteiger partial charge is 0.493 e. The number of rotatable bonds is 7. The molecule has 1 fully saturated rings. The monoisotopic (exact) mass is 425 g/mol. The molecule has 0 spiro atoms. The van der Waals surface area contributed by atoms with Crippen molar-refractivity contribution >= 4 is 11.8 Å². The van der Waals surface area contributed by atoms with Gasteiger partial charge in [-0.2, -0.15) is 0 Å². The normalized spacial score (nSPS) is 15.3. The zero-order valence-electron chi connectivity index (χ0n) is 18.7. The van der Waals surface area contributed by atoms with E-state index in [-0.39, 0.29) is 11.8 Å². The van der Waals surface area contributed by atoms with Gasteiger partial charge < -0.3 is 19.7 Å². The van der Waals surface area contributed by atoms with Crippen LogP contribution in [0.15, 0.2) is 42.5 Å². The topological polar surface area (TPSA) is 71.1 Å². The van der Waals surface area contributed by atoms with E-state index in [0.29, 0.717) is 30.2 Å². The molecule has 1 aliphatic heterocycles. The minimum atomic E-state index is -0.564. The predicted octanol–water partition coefficient (Wildman–Crippen LogP) is 2.47. The first-order valence-electron chi connectivity index (χ1n) is 10.5. The maximum absolute atomic E-state index is 12.8. The van der Waals surface area contributed by atoms with Crippen LogP contribution < -0.4 is 14.8 Å². The maximum atomic E-state index is 12.8. The summed E-state index contributed by atoms with van der Waals surface area (Å²) in [7, 11) is 3.25. The van der Waals surface area contributed by atoms with Crippen molar-refractivity contribution in [3.8, 4) is 11.5 Å². The van der Waals surface area contributed by atoms with Crippen LogP contribution in [-0.4, -0.2) is 68.1 Å². The van der Waals surface area contributed by atoms with Crippen LogP contribution in [0.2, 0.25) is 0 Å². The fourth-order valence-corrected chi connectivity index (χ4v) is 3.77. The van der Waals surface area contributed by atoms with Crippen molar-refractivity contribution in [1.29, 1.82) is 0 Å². The van der Waals surface area contributed by atoms with Crippen LogP contribution in [0.25, 0.3) is 0 Å². The minimum Gasteiger partial charge on any atom is -0.493 e. The van der Waals surface area contributed by atoms with Gasteiger partial charge in [-0.1, -0.05) is 23.8 Å². The molecule has 0 saturated carbocycles. The van der Waals surface area contributed by atoms with E-state index in [9.17, 15) is 9.59 Å². The number of nitrogens with one attached hydrogen (secondary N) is 1. The molecular weight excluding hydrogens is 394 g/mol.